The molecule has 20 rings (SSSR count). The topological polar surface area (TPSA) is 129 Å². The van der Waals surface area contributed by atoms with E-state index in [0.717, 1.165) is 179 Å². The van der Waals surface area contributed by atoms with Gasteiger partial charge in [-0.3, -0.25) is 9.97 Å². The molecular formula is C110H74N10. The van der Waals surface area contributed by atoms with E-state index in [2.05, 4.69) is 301 Å². The minimum atomic E-state index is 0.654. The summed E-state index contributed by atoms with van der Waals surface area (Å²) in [5, 5.41) is 0. The van der Waals surface area contributed by atoms with Crippen LogP contribution in [-0.2, 0) is 0 Å². The average Bonchev–Trinajstić information content (AvgIpc) is 0.776. The van der Waals surface area contributed by atoms with Crippen molar-refractivity contribution in [3.63, 3.8) is 0 Å². The Bertz CT molecular complexity index is 6620. The Labute approximate surface area is 697 Å². The van der Waals surface area contributed by atoms with Crippen LogP contribution >= 0.6 is 0 Å². The molecule has 0 saturated carbocycles. The van der Waals surface area contributed by atoms with Crippen LogP contribution in [0.2, 0.25) is 0 Å². The van der Waals surface area contributed by atoms with Crippen LogP contribution in [0.3, 0.4) is 0 Å². The van der Waals surface area contributed by atoms with E-state index in [1.54, 1.807) is 0 Å². The van der Waals surface area contributed by atoms with Crippen molar-refractivity contribution in [1.82, 2.24) is 49.8 Å². The van der Waals surface area contributed by atoms with Gasteiger partial charge in [-0.2, -0.15) is 0 Å². The molecule has 0 aliphatic heterocycles. The number of aromatic nitrogens is 10. The lowest BCUT2D eigenvalue weighted by Crippen LogP contribution is -1.98. The van der Waals surface area contributed by atoms with Crippen LogP contribution < -0.4 is 0 Å². The monoisotopic (exact) mass is 1530 g/mol. The molecule has 6 heterocycles. The molecule has 0 N–H and O–H groups in total. The minimum Gasteiger partial charge on any atom is -0.256 e. The Morgan fingerprint density at radius 3 is 0.708 bits per heavy atom. The molecule has 20 aromatic rings. The maximum Gasteiger partial charge on any atom is 0.161 e. The molecule has 564 valence electrons. The number of nitrogens with zero attached hydrogens (tertiary/aromatic N) is 10. The standard InChI is InChI=1S/C56H38N4.C54H36N6/c1-2-16-39(17-3-1)54-38-55(50-28-6-4-26-48(50)44-22-12-18-40(34-44)42-20-14-24-46(36-42)52-30-8-10-32-57-52)60-56(59-54)51-29-7-5-27-49(51)45-23-13-19-41(35-45)43-21-15-25-47(37-43)53-31-9-11-33-58-53;1-4-16-37(17-5-1)52-55-33-44(34-56-52)40-22-14-24-42(30-40)46-26-10-12-28-48(46)50-32-51(60-54(59-50)39-20-8-3-9-21-39)49-29-13-11-27-47(49)43-25-15-23-41(31-43)45-35-57-53(58-36-45)38-18-6-2-7-19-38/h1-38H;1-36H. The first-order valence-electron chi connectivity index (χ1n) is 39.9. The van der Waals surface area contributed by atoms with Gasteiger partial charge < -0.3 is 0 Å². The summed E-state index contributed by atoms with van der Waals surface area (Å²) in [6.07, 6.45) is 11.2. The second-order valence-electron chi connectivity index (χ2n) is 29.1. The fraction of sp³-hybridized carbons (Fsp3) is 0. The highest BCUT2D eigenvalue weighted by atomic mass is 14.9. The first-order chi connectivity index (χ1) is 59.5. The number of rotatable bonds is 18. The van der Waals surface area contributed by atoms with Crippen LogP contribution in [0.15, 0.2) is 450 Å². The number of hydrogen-bond donors (Lipinski definition) is 0. The smallest absolute Gasteiger partial charge is 0.161 e. The van der Waals surface area contributed by atoms with E-state index < -0.39 is 0 Å². The molecule has 0 spiro atoms. The molecule has 0 bridgehead atoms. The van der Waals surface area contributed by atoms with Gasteiger partial charge in [-0.25, -0.2) is 39.9 Å². The Morgan fingerprint density at radius 1 is 0.117 bits per heavy atom. The SMILES string of the molecule is c1ccc(-c2cc(-c3ccccc3-c3cccc(-c4cccc(-c5ccccn5)c4)c3)nc(-c3ccccc3-c3cccc(-c4cccc(-c5ccccn5)c4)c3)n2)cc1.c1ccc(-c2ncc(-c3cccc(-c4ccccc4-c4cc(-c5ccccc5-c5cccc(-c6cnc(-c7ccccc7)nc6)c5)nc(-c5ccccc5)n4)c3)cn2)cc1. The summed E-state index contributed by atoms with van der Waals surface area (Å²) in [5.41, 5.74) is 32.5. The summed E-state index contributed by atoms with van der Waals surface area (Å²) in [6, 6.07) is 142. The van der Waals surface area contributed by atoms with Gasteiger partial charge >= 0.3 is 0 Å². The summed E-state index contributed by atoms with van der Waals surface area (Å²) in [5.74, 6) is 2.72. The number of pyridine rings is 2. The van der Waals surface area contributed by atoms with E-state index in [1.807, 2.05) is 159 Å². The molecule has 0 aliphatic carbocycles. The van der Waals surface area contributed by atoms with Gasteiger partial charge in [0.2, 0.25) is 0 Å². The summed E-state index contributed by atoms with van der Waals surface area (Å²) >= 11 is 0. The molecule has 10 nitrogen and oxygen atoms in total. The van der Waals surface area contributed by atoms with E-state index in [9.17, 15) is 0 Å². The summed E-state index contributed by atoms with van der Waals surface area (Å²) in [7, 11) is 0. The molecule has 0 saturated heterocycles. The minimum absolute atomic E-state index is 0.654. The van der Waals surface area contributed by atoms with Gasteiger partial charge in [-0.1, -0.05) is 340 Å². The Balaban J connectivity index is 0.000000159. The van der Waals surface area contributed by atoms with Crippen molar-refractivity contribution in [2.24, 2.45) is 0 Å². The van der Waals surface area contributed by atoms with E-state index in [1.165, 1.54) is 0 Å². The van der Waals surface area contributed by atoms with Crippen LogP contribution in [0.25, 0.3) is 202 Å². The first-order valence-corrected chi connectivity index (χ1v) is 39.9. The zero-order valence-electron chi connectivity index (χ0n) is 65.2. The lowest BCUT2D eigenvalue weighted by molar-refractivity contribution is 1.18. The number of hydrogen-bond acceptors (Lipinski definition) is 10. The second-order valence-corrected chi connectivity index (χ2v) is 29.1. The van der Waals surface area contributed by atoms with Crippen LogP contribution in [0.4, 0.5) is 0 Å². The third-order valence-corrected chi connectivity index (χ3v) is 21.4. The van der Waals surface area contributed by atoms with Crippen molar-refractivity contribution in [2.45, 2.75) is 0 Å². The highest BCUT2D eigenvalue weighted by Crippen LogP contribution is 2.43. The summed E-state index contributed by atoms with van der Waals surface area (Å²) < 4.78 is 0. The fourth-order valence-electron chi connectivity index (χ4n) is 15.4. The maximum atomic E-state index is 5.40. The lowest BCUT2D eigenvalue weighted by Gasteiger charge is -2.15. The molecule has 0 unspecified atom stereocenters. The Hall–Kier alpha value is -16.3. The molecule has 14 aromatic carbocycles. The van der Waals surface area contributed by atoms with Gasteiger partial charge in [0.1, 0.15) is 0 Å². The van der Waals surface area contributed by atoms with Crippen molar-refractivity contribution >= 4 is 0 Å². The Morgan fingerprint density at radius 2 is 0.358 bits per heavy atom. The van der Waals surface area contributed by atoms with Crippen LogP contribution in [-0.4, -0.2) is 49.8 Å². The third-order valence-electron chi connectivity index (χ3n) is 21.4. The second kappa shape index (κ2) is 34.4. The van der Waals surface area contributed by atoms with Gasteiger partial charge in [-0.15, -0.1) is 0 Å². The normalized spacial score (nSPS) is 11.0. The molecule has 0 amide bonds. The first kappa shape index (κ1) is 73.8. The van der Waals surface area contributed by atoms with Crippen LogP contribution in [0, 0.1) is 0 Å². The van der Waals surface area contributed by atoms with Crippen molar-refractivity contribution in [3.05, 3.63) is 450 Å². The third kappa shape index (κ3) is 16.3. The zero-order valence-corrected chi connectivity index (χ0v) is 65.2. The predicted molar refractivity (Wildman–Crippen MR) is 489 cm³/mol. The fourth-order valence-corrected chi connectivity index (χ4v) is 15.4. The molecule has 10 heteroatoms. The zero-order chi connectivity index (χ0) is 80.2. The quantitative estimate of drug-likeness (QED) is 0.0819. The van der Waals surface area contributed by atoms with Gasteiger partial charge in [-0.05, 0) is 151 Å². The molecule has 0 fully saturated rings. The molecule has 120 heavy (non-hydrogen) atoms. The molecule has 0 radical (unpaired) electrons. The van der Waals surface area contributed by atoms with Crippen molar-refractivity contribution in [3.8, 4) is 202 Å². The average molecular weight is 1540 g/mol. The largest absolute Gasteiger partial charge is 0.256 e. The van der Waals surface area contributed by atoms with Crippen molar-refractivity contribution in [2.75, 3.05) is 0 Å². The summed E-state index contributed by atoms with van der Waals surface area (Å²) in [4.78, 5) is 49.1. The van der Waals surface area contributed by atoms with E-state index in [-0.39, 0.29) is 0 Å². The van der Waals surface area contributed by atoms with Gasteiger partial charge in [0.15, 0.2) is 23.3 Å². The number of benzene rings is 14. The van der Waals surface area contributed by atoms with Gasteiger partial charge in [0, 0.05) is 104 Å². The van der Waals surface area contributed by atoms with Gasteiger partial charge in [0.25, 0.3) is 0 Å². The molecule has 0 atom stereocenters. The van der Waals surface area contributed by atoms with Gasteiger partial charge in [0.05, 0.1) is 34.2 Å². The lowest BCUT2D eigenvalue weighted by atomic mass is 9.93. The Kier molecular flexibility index (Phi) is 21.2. The van der Waals surface area contributed by atoms with Crippen LogP contribution in [0.5, 0.6) is 0 Å². The molecule has 0 aliphatic rings. The maximum absolute atomic E-state index is 5.40. The van der Waals surface area contributed by atoms with Crippen molar-refractivity contribution in [1.29, 1.82) is 0 Å². The molecular weight excluding hydrogens is 1460 g/mol. The van der Waals surface area contributed by atoms with E-state index in [4.69, 9.17) is 39.9 Å². The van der Waals surface area contributed by atoms with Crippen LogP contribution in [0.1, 0.15) is 0 Å². The molecule has 6 aromatic heterocycles. The van der Waals surface area contributed by atoms with E-state index in [0.29, 0.717) is 23.3 Å². The summed E-state index contributed by atoms with van der Waals surface area (Å²) in [6.45, 7) is 0. The van der Waals surface area contributed by atoms with E-state index >= 15 is 0 Å². The van der Waals surface area contributed by atoms with Crippen molar-refractivity contribution < 1.29 is 0 Å². The predicted octanol–water partition coefficient (Wildman–Crippen LogP) is 27.3. The highest BCUT2D eigenvalue weighted by molar-refractivity contribution is 5.92. The highest BCUT2D eigenvalue weighted by Gasteiger charge is 2.21.